The molecule has 1 aromatic heterocycles. The van der Waals surface area contributed by atoms with Gasteiger partial charge in [-0.05, 0) is 61.3 Å². The quantitative estimate of drug-likeness (QED) is 0.371. The molecule has 1 saturated heterocycles. The van der Waals surface area contributed by atoms with Crippen molar-refractivity contribution in [2.24, 2.45) is 29.1 Å². The molecule has 8 heteroatoms. The first-order valence-corrected chi connectivity index (χ1v) is 14.2. The highest BCUT2D eigenvalue weighted by Crippen LogP contribution is 2.65. The summed E-state index contributed by atoms with van der Waals surface area (Å²) in [4.78, 5) is 35.1. The summed E-state index contributed by atoms with van der Waals surface area (Å²) in [5, 5.41) is 3.31. The van der Waals surface area contributed by atoms with Crippen LogP contribution in [0.25, 0.3) is 0 Å². The van der Waals surface area contributed by atoms with Crippen LogP contribution in [-0.2, 0) is 20.5 Å². The van der Waals surface area contributed by atoms with Gasteiger partial charge in [0.05, 0.1) is 23.8 Å². The van der Waals surface area contributed by atoms with Gasteiger partial charge < -0.3 is 14.6 Å². The van der Waals surface area contributed by atoms with E-state index < -0.39 is 13.0 Å². The van der Waals surface area contributed by atoms with Gasteiger partial charge in [0.2, 0.25) is 5.91 Å². The van der Waals surface area contributed by atoms with E-state index in [4.69, 9.17) is 9.31 Å². The summed E-state index contributed by atoms with van der Waals surface area (Å²) in [7, 11) is -0.460. The normalized spacial score (nSPS) is 30.6. The summed E-state index contributed by atoms with van der Waals surface area (Å²) in [6, 6.07) is 9.87. The molecule has 7 rings (SSSR count). The highest BCUT2D eigenvalue weighted by Gasteiger charge is 2.68. The molecule has 2 bridgehead atoms. The first-order valence-electron chi connectivity index (χ1n) is 14.2. The van der Waals surface area contributed by atoms with Crippen molar-refractivity contribution in [1.82, 2.24) is 15.3 Å². The van der Waals surface area contributed by atoms with Crippen LogP contribution in [0.4, 0.5) is 0 Å². The van der Waals surface area contributed by atoms with Crippen molar-refractivity contribution in [2.75, 3.05) is 0 Å². The van der Waals surface area contributed by atoms with Gasteiger partial charge in [0.1, 0.15) is 5.69 Å². The predicted molar refractivity (Wildman–Crippen MR) is 144 cm³/mol. The molecule has 4 aliphatic carbocycles. The average molecular weight is 515 g/mol. The van der Waals surface area contributed by atoms with E-state index in [1.165, 1.54) is 37.9 Å². The third kappa shape index (κ3) is 4.82. The maximum Gasteiger partial charge on any atom is 0.481 e. The van der Waals surface area contributed by atoms with Crippen molar-refractivity contribution in [3.63, 3.8) is 0 Å². The first kappa shape index (κ1) is 25.7. The summed E-state index contributed by atoms with van der Waals surface area (Å²) >= 11 is 0. The molecule has 38 heavy (non-hydrogen) atoms. The molecule has 1 N–H and O–H groups in total. The molecule has 1 amide bonds. The first-order chi connectivity index (χ1) is 18.2. The Labute approximate surface area is 225 Å². The van der Waals surface area contributed by atoms with E-state index in [1.807, 2.05) is 30.3 Å². The average Bonchev–Trinajstić information content (AvgIpc) is 3.66. The van der Waals surface area contributed by atoms with E-state index in [1.54, 1.807) is 0 Å². The standard InChI is InChI=1S/C30H38BN3O4/c1-29(2)22-16-25(29)30(3)26(17-22)37-31(38-30)27(14-20-9-10-20)34-28(36)21(13-19-7-5-4-6-8-19)15-24(35)23-18-32-11-12-33-23/h4-8,11-12,18,20-22,25-27H,9-10,13-17H2,1-3H3,(H,34,36)/t21-,22+,25+,26-,27+,30+/m1/s1. The second-order valence-electron chi connectivity index (χ2n) is 12.7. The van der Waals surface area contributed by atoms with E-state index in [9.17, 15) is 9.59 Å². The van der Waals surface area contributed by atoms with Crippen molar-refractivity contribution >= 4 is 18.8 Å². The Morgan fingerprint density at radius 2 is 1.92 bits per heavy atom. The highest BCUT2D eigenvalue weighted by molar-refractivity contribution is 6.47. The predicted octanol–water partition coefficient (Wildman–Crippen LogP) is 4.46. The van der Waals surface area contributed by atoms with Crippen LogP contribution in [0.2, 0.25) is 0 Å². The van der Waals surface area contributed by atoms with Crippen LogP contribution in [0.3, 0.4) is 0 Å². The number of Topliss-reactive ketones (excluding diaryl/α,β-unsaturated/α-hetero) is 1. The van der Waals surface area contributed by atoms with Crippen molar-refractivity contribution < 1.29 is 18.9 Å². The Bertz CT molecular complexity index is 1170. The summed E-state index contributed by atoms with van der Waals surface area (Å²) in [6.45, 7) is 6.93. The molecule has 5 aliphatic rings. The largest absolute Gasteiger partial charge is 0.481 e. The van der Waals surface area contributed by atoms with E-state index in [2.05, 4.69) is 36.1 Å². The van der Waals surface area contributed by atoms with Gasteiger partial charge in [-0.2, -0.15) is 0 Å². The summed E-state index contributed by atoms with van der Waals surface area (Å²) in [5.41, 5.74) is 1.25. The SMILES string of the molecule is CC1(C)[C@@H]2C[C@H]3OB([C@H](CC4CC4)NC(=O)[C@@H](CC(=O)c4cnccn4)Cc4ccccc4)O[C@@]3(C)[C@H]1C2. The summed E-state index contributed by atoms with van der Waals surface area (Å²) in [5.74, 6) is 0.655. The van der Waals surface area contributed by atoms with E-state index >= 15 is 0 Å². The molecule has 5 fully saturated rings. The second kappa shape index (κ2) is 9.87. The van der Waals surface area contributed by atoms with E-state index in [0.29, 0.717) is 24.2 Å². The van der Waals surface area contributed by atoms with Crippen molar-refractivity contribution in [2.45, 2.75) is 83.4 Å². The lowest BCUT2D eigenvalue weighted by Gasteiger charge is -2.64. The zero-order valence-corrected chi connectivity index (χ0v) is 22.6. The molecule has 2 heterocycles. The molecule has 2 aromatic rings. The van der Waals surface area contributed by atoms with Gasteiger partial charge >= 0.3 is 7.12 Å². The van der Waals surface area contributed by atoms with Crippen LogP contribution in [-0.4, -0.2) is 46.4 Å². The minimum Gasteiger partial charge on any atom is -0.404 e. The molecule has 0 unspecified atom stereocenters. The number of amides is 1. The van der Waals surface area contributed by atoms with Crippen LogP contribution < -0.4 is 5.32 Å². The maximum atomic E-state index is 13.8. The number of nitrogens with zero attached hydrogens (tertiary/aromatic N) is 2. The van der Waals surface area contributed by atoms with E-state index in [0.717, 1.165) is 18.4 Å². The van der Waals surface area contributed by atoms with Gasteiger partial charge in [-0.3, -0.25) is 14.6 Å². The topological polar surface area (TPSA) is 90.4 Å². The number of hydrogen-bond donors (Lipinski definition) is 1. The van der Waals surface area contributed by atoms with Gasteiger partial charge in [0.25, 0.3) is 0 Å². The Kier molecular flexibility index (Phi) is 6.67. The Morgan fingerprint density at radius 1 is 1.13 bits per heavy atom. The van der Waals surface area contributed by atoms with Crippen LogP contribution >= 0.6 is 0 Å². The summed E-state index contributed by atoms with van der Waals surface area (Å²) < 4.78 is 13.3. The molecule has 0 spiro atoms. The highest BCUT2D eigenvalue weighted by atomic mass is 16.7. The third-order valence-corrected chi connectivity index (χ3v) is 9.89. The van der Waals surface area contributed by atoms with Gasteiger partial charge in [-0.25, -0.2) is 4.98 Å². The van der Waals surface area contributed by atoms with Gasteiger partial charge in [0.15, 0.2) is 5.78 Å². The molecule has 6 atom stereocenters. The Hall–Kier alpha value is -2.58. The Morgan fingerprint density at radius 3 is 2.61 bits per heavy atom. The van der Waals surface area contributed by atoms with Gasteiger partial charge in [0, 0.05) is 24.7 Å². The Balaban J connectivity index is 1.20. The number of rotatable bonds is 10. The monoisotopic (exact) mass is 515 g/mol. The van der Waals surface area contributed by atoms with Crippen LogP contribution in [0, 0.1) is 29.1 Å². The molecule has 200 valence electrons. The van der Waals surface area contributed by atoms with Crippen molar-refractivity contribution in [3.8, 4) is 0 Å². The lowest BCUT2D eigenvalue weighted by Crippen LogP contribution is -2.65. The molecule has 1 aliphatic heterocycles. The number of ketones is 1. The zero-order valence-electron chi connectivity index (χ0n) is 22.6. The summed E-state index contributed by atoms with van der Waals surface area (Å²) in [6.07, 6.45) is 10.5. The molecule has 7 nitrogen and oxygen atoms in total. The lowest BCUT2D eigenvalue weighted by atomic mass is 9.43. The van der Waals surface area contributed by atoms with E-state index in [-0.39, 0.29) is 46.9 Å². The fraction of sp³-hybridized carbons (Fsp3) is 0.600. The third-order valence-electron chi connectivity index (χ3n) is 9.89. The minimum atomic E-state index is -0.528. The molecule has 1 aromatic carbocycles. The number of hydrogen-bond acceptors (Lipinski definition) is 6. The van der Waals surface area contributed by atoms with Crippen molar-refractivity contribution in [3.05, 3.63) is 60.2 Å². The number of carbonyl (C=O) groups excluding carboxylic acids is 2. The number of benzene rings is 1. The molecular formula is C30H38BN3O4. The fourth-order valence-electron chi connectivity index (χ4n) is 7.25. The van der Waals surface area contributed by atoms with Crippen molar-refractivity contribution in [1.29, 1.82) is 0 Å². The fourth-order valence-corrected chi connectivity index (χ4v) is 7.25. The number of carbonyl (C=O) groups is 2. The minimum absolute atomic E-state index is 0.0697. The molecule has 0 radical (unpaired) electrons. The smallest absolute Gasteiger partial charge is 0.404 e. The number of nitrogens with one attached hydrogen (secondary N) is 1. The van der Waals surface area contributed by atoms with Gasteiger partial charge in [-0.1, -0.05) is 57.0 Å². The molecular weight excluding hydrogens is 477 g/mol. The number of aromatic nitrogens is 2. The van der Waals surface area contributed by atoms with Gasteiger partial charge in [-0.15, -0.1) is 0 Å². The second-order valence-corrected chi connectivity index (χ2v) is 12.7. The maximum absolute atomic E-state index is 13.8. The van der Waals surface area contributed by atoms with Crippen LogP contribution in [0.15, 0.2) is 48.9 Å². The molecule has 4 saturated carbocycles. The van der Waals surface area contributed by atoms with Crippen LogP contribution in [0.5, 0.6) is 0 Å². The zero-order chi connectivity index (χ0) is 26.5. The lowest BCUT2D eigenvalue weighted by molar-refractivity contribution is -0.199. The van der Waals surface area contributed by atoms with Crippen LogP contribution in [0.1, 0.15) is 75.3 Å².